The van der Waals surface area contributed by atoms with Crippen LogP contribution in [0, 0.1) is 0 Å². The van der Waals surface area contributed by atoms with E-state index >= 15 is 0 Å². The van der Waals surface area contributed by atoms with E-state index in [1.165, 1.54) is 0 Å². The van der Waals surface area contributed by atoms with Gasteiger partial charge in [0, 0.05) is 0 Å². The molecule has 0 aliphatic heterocycles. The van der Waals surface area contributed by atoms with E-state index in [2.05, 4.69) is 22.2 Å². The fourth-order valence-corrected chi connectivity index (χ4v) is 2.49. The number of rotatable bonds is 4. The van der Waals surface area contributed by atoms with E-state index in [0.29, 0.717) is 11.2 Å². The summed E-state index contributed by atoms with van der Waals surface area (Å²) in [5.74, 6) is 1.59. The summed E-state index contributed by atoms with van der Waals surface area (Å²) in [6, 6.07) is 11.4. The van der Waals surface area contributed by atoms with Gasteiger partial charge in [0.05, 0.1) is 17.2 Å². The van der Waals surface area contributed by atoms with Crippen molar-refractivity contribution in [2.75, 3.05) is 0 Å². The predicted octanol–water partition coefficient (Wildman–Crippen LogP) is 1.90. The Balaban J connectivity index is 1.88. The van der Waals surface area contributed by atoms with Gasteiger partial charge in [-0.05, 0) is 38.1 Å². The minimum absolute atomic E-state index is 0.0300. The maximum Gasteiger partial charge on any atom is 0.258 e. The number of hydrogen-bond donors (Lipinski definition) is 2. The molecule has 2 aromatic heterocycles. The molecule has 0 aliphatic carbocycles. The summed E-state index contributed by atoms with van der Waals surface area (Å²) in [7, 11) is 0. The Labute approximate surface area is 122 Å². The molecule has 0 saturated heterocycles. The van der Waals surface area contributed by atoms with Crippen molar-refractivity contribution in [2.24, 2.45) is 0 Å². The van der Waals surface area contributed by atoms with Crippen LogP contribution in [0.5, 0.6) is 0 Å². The SMILES string of the molecule is C[C@H]([NH2+][C@@H](C)c1ccco1)c1nc2ccccc2c(=O)[nH]1. The Hall–Kier alpha value is -2.40. The second kappa shape index (κ2) is 5.54. The quantitative estimate of drug-likeness (QED) is 0.768. The average Bonchev–Trinajstić information content (AvgIpc) is 3.01. The highest BCUT2D eigenvalue weighted by Crippen LogP contribution is 2.12. The Kier molecular flexibility index (Phi) is 3.58. The summed E-state index contributed by atoms with van der Waals surface area (Å²) in [5, 5.41) is 2.74. The van der Waals surface area contributed by atoms with Gasteiger partial charge in [-0.25, -0.2) is 4.98 Å². The van der Waals surface area contributed by atoms with Crippen molar-refractivity contribution in [3.05, 3.63) is 64.6 Å². The lowest BCUT2D eigenvalue weighted by molar-refractivity contribution is -0.731. The molecule has 5 heteroatoms. The largest absolute Gasteiger partial charge is 0.463 e. The Morgan fingerprint density at radius 2 is 1.95 bits per heavy atom. The number of furan rings is 1. The number of fused-ring (bicyclic) bond motifs is 1. The van der Waals surface area contributed by atoms with Crippen LogP contribution in [0.25, 0.3) is 10.9 Å². The normalized spacial score (nSPS) is 14.2. The highest BCUT2D eigenvalue weighted by molar-refractivity contribution is 5.77. The predicted molar refractivity (Wildman–Crippen MR) is 79.8 cm³/mol. The van der Waals surface area contributed by atoms with Crippen molar-refractivity contribution < 1.29 is 9.73 Å². The minimum atomic E-state index is -0.0958. The standard InChI is InChI=1S/C16H17N3O2/c1-10(14-8-5-9-21-14)17-11(2)15-18-13-7-4-3-6-12(13)16(20)19-15/h3-11,17H,1-2H3,(H,18,19,20)/p+1/t10-,11-/m0/s1. The summed E-state index contributed by atoms with van der Waals surface area (Å²) in [4.78, 5) is 19.5. The van der Waals surface area contributed by atoms with Gasteiger partial charge in [0.15, 0.2) is 11.6 Å². The molecule has 2 heterocycles. The van der Waals surface area contributed by atoms with E-state index in [1.807, 2.05) is 37.3 Å². The van der Waals surface area contributed by atoms with E-state index in [9.17, 15) is 4.79 Å². The van der Waals surface area contributed by atoms with Crippen LogP contribution in [0.3, 0.4) is 0 Å². The van der Waals surface area contributed by atoms with Crippen LogP contribution in [-0.4, -0.2) is 9.97 Å². The third-order valence-corrected chi connectivity index (χ3v) is 3.63. The molecule has 0 radical (unpaired) electrons. The molecular weight excluding hydrogens is 266 g/mol. The molecular formula is C16H18N3O2+. The second-order valence-corrected chi connectivity index (χ2v) is 5.25. The number of benzene rings is 1. The van der Waals surface area contributed by atoms with Crippen LogP contribution in [-0.2, 0) is 0 Å². The van der Waals surface area contributed by atoms with Crippen molar-refractivity contribution in [3.63, 3.8) is 0 Å². The summed E-state index contributed by atoms with van der Waals surface area (Å²) >= 11 is 0. The average molecular weight is 284 g/mol. The third kappa shape index (κ3) is 2.73. The fourth-order valence-electron chi connectivity index (χ4n) is 2.49. The van der Waals surface area contributed by atoms with Gasteiger partial charge in [-0.2, -0.15) is 0 Å². The van der Waals surface area contributed by atoms with Gasteiger partial charge in [0.25, 0.3) is 5.56 Å². The number of aromatic amines is 1. The van der Waals surface area contributed by atoms with Crippen molar-refractivity contribution >= 4 is 10.9 Å². The lowest BCUT2D eigenvalue weighted by atomic mass is 10.2. The molecule has 0 unspecified atom stereocenters. The van der Waals surface area contributed by atoms with Crippen molar-refractivity contribution in [1.29, 1.82) is 0 Å². The fraction of sp³-hybridized carbons (Fsp3) is 0.250. The van der Waals surface area contributed by atoms with Crippen molar-refractivity contribution in [3.8, 4) is 0 Å². The van der Waals surface area contributed by atoms with Gasteiger partial charge in [-0.3, -0.25) is 4.79 Å². The monoisotopic (exact) mass is 284 g/mol. The van der Waals surface area contributed by atoms with E-state index in [0.717, 1.165) is 11.3 Å². The number of quaternary nitrogens is 1. The van der Waals surface area contributed by atoms with Crippen LogP contribution in [0.1, 0.15) is 37.5 Å². The number of aromatic nitrogens is 2. The first-order valence-corrected chi connectivity index (χ1v) is 7.02. The zero-order valence-corrected chi connectivity index (χ0v) is 12.0. The molecule has 0 amide bonds. The van der Waals surface area contributed by atoms with Gasteiger partial charge >= 0.3 is 0 Å². The summed E-state index contributed by atoms with van der Waals surface area (Å²) in [6.07, 6.45) is 1.67. The van der Waals surface area contributed by atoms with Crippen LogP contribution >= 0.6 is 0 Å². The number of hydrogen-bond acceptors (Lipinski definition) is 3. The zero-order valence-electron chi connectivity index (χ0n) is 12.0. The molecule has 2 atom stereocenters. The molecule has 0 fully saturated rings. The van der Waals surface area contributed by atoms with Gasteiger partial charge in [0.1, 0.15) is 12.1 Å². The maximum absolute atomic E-state index is 12.1. The first-order chi connectivity index (χ1) is 10.1. The van der Waals surface area contributed by atoms with Gasteiger partial charge in [-0.1, -0.05) is 12.1 Å². The van der Waals surface area contributed by atoms with Gasteiger partial charge in [0.2, 0.25) is 0 Å². The highest BCUT2D eigenvalue weighted by atomic mass is 16.3. The molecule has 5 nitrogen and oxygen atoms in total. The van der Waals surface area contributed by atoms with E-state index in [-0.39, 0.29) is 17.6 Å². The topological polar surface area (TPSA) is 75.5 Å². The molecule has 0 spiro atoms. The van der Waals surface area contributed by atoms with Crippen LogP contribution in [0.15, 0.2) is 51.9 Å². The van der Waals surface area contributed by atoms with Crippen LogP contribution < -0.4 is 10.9 Å². The highest BCUT2D eigenvalue weighted by Gasteiger charge is 2.19. The third-order valence-electron chi connectivity index (χ3n) is 3.63. The van der Waals surface area contributed by atoms with E-state index in [1.54, 1.807) is 12.3 Å². The molecule has 108 valence electrons. The number of nitrogens with one attached hydrogen (secondary N) is 1. The van der Waals surface area contributed by atoms with Crippen molar-refractivity contribution in [1.82, 2.24) is 9.97 Å². The number of H-pyrrole nitrogens is 1. The number of para-hydroxylation sites is 1. The lowest BCUT2D eigenvalue weighted by Crippen LogP contribution is -2.85. The van der Waals surface area contributed by atoms with E-state index < -0.39 is 0 Å². The number of nitrogens with two attached hydrogens (primary N) is 1. The Morgan fingerprint density at radius 3 is 2.71 bits per heavy atom. The molecule has 21 heavy (non-hydrogen) atoms. The summed E-state index contributed by atoms with van der Waals surface area (Å²) in [5.41, 5.74) is 0.628. The van der Waals surface area contributed by atoms with Gasteiger partial charge < -0.3 is 14.7 Å². The number of nitrogens with zero attached hydrogens (tertiary/aromatic N) is 1. The molecule has 0 saturated carbocycles. The molecule has 1 aromatic carbocycles. The summed E-state index contributed by atoms with van der Waals surface area (Å²) < 4.78 is 5.40. The second-order valence-electron chi connectivity index (χ2n) is 5.25. The smallest absolute Gasteiger partial charge is 0.258 e. The Morgan fingerprint density at radius 1 is 1.14 bits per heavy atom. The lowest BCUT2D eigenvalue weighted by Gasteiger charge is -2.14. The van der Waals surface area contributed by atoms with Gasteiger partial charge in [-0.15, -0.1) is 0 Å². The molecule has 3 N–H and O–H groups in total. The molecule has 0 bridgehead atoms. The summed E-state index contributed by atoms with van der Waals surface area (Å²) in [6.45, 7) is 4.08. The minimum Gasteiger partial charge on any atom is -0.463 e. The van der Waals surface area contributed by atoms with Crippen molar-refractivity contribution in [2.45, 2.75) is 25.9 Å². The van der Waals surface area contributed by atoms with Crippen LogP contribution in [0.2, 0.25) is 0 Å². The molecule has 0 aliphatic rings. The van der Waals surface area contributed by atoms with E-state index in [4.69, 9.17) is 4.42 Å². The first kappa shape index (κ1) is 13.6. The maximum atomic E-state index is 12.1. The zero-order chi connectivity index (χ0) is 14.8. The molecule has 3 aromatic rings. The first-order valence-electron chi connectivity index (χ1n) is 7.02. The van der Waals surface area contributed by atoms with Crippen LogP contribution in [0.4, 0.5) is 0 Å². The molecule has 3 rings (SSSR count). The Bertz CT molecular complexity index is 793.